The second-order valence-electron chi connectivity index (χ2n) is 6.43. The molecule has 0 aromatic carbocycles. The van der Waals surface area contributed by atoms with Crippen molar-refractivity contribution < 1.29 is 9.47 Å². The van der Waals surface area contributed by atoms with Crippen molar-refractivity contribution in [2.45, 2.75) is 38.4 Å². The molecule has 140 valence electrons. The zero-order valence-corrected chi connectivity index (χ0v) is 17.4. The van der Waals surface area contributed by atoms with Gasteiger partial charge in [0.2, 0.25) is 0 Å². The Balaban J connectivity index is 0.00000225. The number of guanidine groups is 1. The Morgan fingerprint density at radius 1 is 1.36 bits per heavy atom. The maximum absolute atomic E-state index is 5.92. The van der Waals surface area contributed by atoms with Crippen LogP contribution >= 0.6 is 24.0 Å². The second-order valence-corrected chi connectivity index (χ2v) is 6.43. The van der Waals surface area contributed by atoms with Crippen LogP contribution < -0.4 is 5.32 Å². The molecule has 2 atom stereocenters. The molecule has 7 heteroatoms. The highest BCUT2D eigenvalue weighted by Crippen LogP contribution is 2.21. The maximum atomic E-state index is 5.92. The van der Waals surface area contributed by atoms with Gasteiger partial charge < -0.3 is 19.7 Å². The van der Waals surface area contributed by atoms with Gasteiger partial charge in [-0.3, -0.25) is 9.98 Å². The number of pyridine rings is 1. The van der Waals surface area contributed by atoms with Crippen LogP contribution in [-0.2, 0) is 15.9 Å². The number of morpholine rings is 1. The van der Waals surface area contributed by atoms with Gasteiger partial charge in [0.15, 0.2) is 5.96 Å². The highest BCUT2D eigenvalue weighted by molar-refractivity contribution is 14.0. The van der Waals surface area contributed by atoms with Crippen LogP contribution in [0, 0.1) is 6.92 Å². The third-order valence-electron chi connectivity index (χ3n) is 4.80. The van der Waals surface area contributed by atoms with Crippen LogP contribution in [0.25, 0.3) is 0 Å². The number of nitrogens with zero attached hydrogens (tertiary/aromatic N) is 3. The Bertz CT molecular complexity index is 564. The van der Waals surface area contributed by atoms with Crippen LogP contribution in [0.5, 0.6) is 0 Å². The molecule has 2 unspecified atom stereocenters. The highest BCUT2D eigenvalue weighted by Gasteiger charge is 2.32. The first-order chi connectivity index (χ1) is 11.8. The van der Waals surface area contributed by atoms with Crippen molar-refractivity contribution in [1.82, 2.24) is 15.2 Å². The molecule has 2 aliphatic heterocycles. The zero-order chi connectivity index (χ0) is 16.8. The number of ether oxygens (including phenoxy) is 2. The van der Waals surface area contributed by atoms with Gasteiger partial charge in [-0.05, 0) is 43.4 Å². The van der Waals surface area contributed by atoms with Crippen molar-refractivity contribution in [2.24, 2.45) is 4.99 Å². The number of hydrogen-bond acceptors (Lipinski definition) is 4. The van der Waals surface area contributed by atoms with E-state index in [4.69, 9.17) is 9.47 Å². The van der Waals surface area contributed by atoms with Crippen molar-refractivity contribution in [2.75, 3.05) is 39.9 Å². The third kappa shape index (κ3) is 5.52. The number of nitrogens with one attached hydrogen (secondary N) is 1. The molecule has 1 N–H and O–H groups in total. The monoisotopic (exact) mass is 460 g/mol. The van der Waals surface area contributed by atoms with Crippen LogP contribution in [0.3, 0.4) is 0 Å². The number of aromatic nitrogens is 1. The normalized spacial score (nSPS) is 24.1. The molecule has 3 rings (SSSR count). The van der Waals surface area contributed by atoms with Gasteiger partial charge >= 0.3 is 0 Å². The van der Waals surface area contributed by atoms with Crippen molar-refractivity contribution >= 4 is 29.9 Å². The van der Waals surface area contributed by atoms with Gasteiger partial charge in [-0.15, -0.1) is 24.0 Å². The predicted octanol–water partition coefficient (Wildman–Crippen LogP) is 2.01. The Morgan fingerprint density at radius 2 is 2.20 bits per heavy atom. The van der Waals surface area contributed by atoms with E-state index in [-0.39, 0.29) is 36.2 Å². The number of rotatable bonds is 4. The molecule has 0 amide bonds. The Hall–Kier alpha value is -0.930. The van der Waals surface area contributed by atoms with E-state index >= 15 is 0 Å². The molecular formula is C18H29IN4O2. The average Bonchev–Trinajstić information content (AvgIpc) is 3.15. The fourth-order valence-corrected chi connectivity index (χ4v) is 3.41. The first-order valence-corrected chi connectivity index (χ1v) is 8.86. The molecule has 0 saturated carbocycles. The van der Waals surface area contributed by atoms with Crippen molar-refractivity contribution in [3.8, 4) is 0 Å². The average molecular weight is 460 g/mol. The zero-order valence-electron chi connectivity index (χ0n) is 15.1. The molecule has 6 nitrogen and oxygen atoms in total. The SMILES string of the molecule is CN=C(NCCc1ccncc1C)N1CCOC(C2CCCO2)C1.I. The van der Waals surface area contributed by atoms with Gasteiger partial charge in [0.1, 0.15) is 6.10 Å². The number of aliphatic imine (C=N–C) groups is 1. The summed E-state index contributed by atoms with van der Waals surface area (Å²) in [5.74, 6) is 0.952. The van der Waals surface area contributed by atoms with Gasteiger partial charge in [-0.1, -0.05) is 0 Å². The molecule has 0 spiro atoms. The van der Waals surface area contributed by atoms with Crippen molar-refractivity contribution in [3.63, 3.8) is 0 Å². The van der Waals surface area contributed by atoms with E-state index in [0.717, 1.165) is 58.1 Å². The Morgan fingerprint density at radius 3 is 2.92 bits per heavy atom. The summed E-state index contributed by atoms with van der Waals surface area (Å²) >= 11 is 0. The molecule has 25 heavy (non-hydrogen) atoms. The topological polar surface area (TPSA) is 59.0 Å². The fourth-order valence-electron chi connectivity index (χ4n) is 3.41. The van der Waals surface area contributed by atoms with Gasteiger partial charge in [0, 0.05) is 45.7 Å². The standard InChI is InChI=1S/C18H28N4O2.HI/c1-14-12-20-7-5-15(14)6-8-21-18(19-2)22-9-11-24-17(13-22)16-4-3-10-23-16;/h5,7,12,16-17H,3-4,6,8-11,13H2,1-2H3,(H,19,21);1H. The smallest absolute Gasteiger partial charge is 0.193 e. The summed E-state index contributed by atoms with van der Waals surface area (Å²) in [6.07, 6.45) is 7.37. The summed E-state index contributed by atoms with van der Waals surface area (Å²) in [5, 5.41) is 3.49. The predicted molar refractivity (Wildman–Crippen MR) is 110 cm³/mol. The minimum atomic E-state index is 0. The van der Waals surface area contributed by atoms with Crippen LogP contribution in [0.1, 0.15) is 24.0 Å². The minimum absolute atomic E-state index is 0. The van der Waals surface area contributed by atoms with Crippen LogP contribution in [0.2, 0.25) is 0 Å². The summed E-state index contributed by atoms with van der Waals surface area (Å²) < 4.78 is 11.7. The Labute approximate surface area is 167 Å². The second kappa shape index (κ2) is 10.3. The van der Waals surface area contributed by atoms with E-state index in [1.54, 1.807) is 0 Å². The quantitative estimate of drug-likeness (QED) is 0.423. The van der Waals surface area contributed by atoms with Crippen LogP contribution in [-0.4, -0.2) is 67.9 Å². The van der Waals surface area contributed by atoms with Crippen molar-refractivity contribution in [3.05, 3.63) is 29.6 Å². The molecule has 0 bridgehead atoms. The largest absolute Gasteiger partial charge is 0.375 e. The first kappa shape index (κ1) is 20.4. The first-order valence-electron chi connectivity index (χ1n) is 8.86. The van der Waals surface area contributed by atoms with E-state index in [1.165, 1.54) is 11.1 Å². The molecule has 1 aromatic rings. The fraction of sp³-hybridized carbons (Fsp3) is 0.667. The molecule has 1 aromatic heterocycles. The van der Waals surface area contributed by atoms with Crippen LogP contribution in [0.4, 0.5) is 0 Å². The third-order valence-corrected chi connectivity index (χ3v) is 4.80. The number of hydrogen-bond donors (Lipinski definition) is 1. The van der Waals surface area contributed by atoms with E-state index in [1.807, 2.05) is 19.4 Å². The molecule has 2 fully saturated rings. The lowest BCUT2D eigenvalue weighted by Crippen LogP contribution is -2.53. The van der Waals surface area contributed by atoms with E-state index in [9.17, 15) is 0 Å². The van der Waals surface area contributed by atoms with E-state index in [2.05, 4.69) is 33.2 Å². The lowest BCUT2D eigenvalue weighted by molar-refractivity contribution is -0.0816. The maximum Gasteiger partial charge on any atom is 0.193 e. The van der Waals surface area contributed by atoms with Gasteiger partial charge in [0.05, 0.1) is 12.7 Å². The molecule has 0 aliphatic carbocycles. The van der Waals surface area contributed by atoms with Gasteiger partial charge in [-0.25, -0.2) is 0 Å². The molecule has 3 heterocycles. The van der Waals surface area contributed by atoms with E-state index < -0.39 is 0 Å². The molecule has 0 radical (unpaired) electrons. The van der Waals surface area contributed by atoms with Crippen molar-refractivity contribution in [1.29, 1.82) is 0 Å². The molecule has 2 aliphatic rings. The summed E-state index contributed by atoms with van der Waals surface area (Å²) in [5.41, 5.74) is 2.56. The van der Waals surface area contributed by atoms with E-state index in [0.29, 0.717) is 0 Å². The summed E-state index contributed by atoms with van der Waals surface area (Å²) in [6.45, 7) is 6.28. The summed E-state index contributed by atoms with van der Waals surface area (Å²) in [7, 11) is 1.84. The lowest BCUT2D eigenvalue weighted by Gasteiger charge is -2.37. The lowest BCUT2D eigenvalue weighted by atomic mass is 10.1. The van der Waals surface area contributed by atoms with Gasteiger partial charge in [0.25, 0.3) is 0 Å². The highest BCUT2D eigenvalue weighted by atomic mass is 127. The molecule has 2 saturated heterocycles. The summed E-state index contributed by atoms with van der Waals surface area (Å²) in [4.78, 5) is 10.9. The minimum Gasteiger partial charge on any atom is -0.375 e. The Kier molecular flexibility index (Phi) is 8.38. The molecular weight excluding hydrogens is 431 g/mol. The summed E-state index contributed by atoms with van der Waals surface area (Å²) in [6, 6.07) is 2.09. The number of halogens is 1. The number of aryl methyl sites for hydroxylation is 1. The van der Waals surface area contributed by atoms with Gasteiger partial charge in [-0.2, -0.15) is 0 Å². The van der Waals surface area contributed by atoms with Crippen LogP contribution in [0.15, 0.2) is 23.5 Å².